The first-order chi connectivity index (χ1) is 11.3. The highest BCUT2D eigenvalue weighted by Gasteiger charge is 2.37. The SMILES string of the molecule is COC[C@H]1OC=C(c2ccc(OCC[C@@H](O)C(F)(F)F)cc2)C1=O. The maximum absolute atomic E-state index is 12.2. The van der Waals surface area contributed by atoms with Crippen LogP contribution >= 0.6 is 0 Å². The summed E-state index contributed by atoms with van der Waals surface area (Å²) in [5, 5.41) is 8.88. The third-order valence-corrected chi connectivity index (χ3v) is 3.43. The Morgan fingerprint density at radius 3 is 2.54 bits per heavy atom. The molecule has 1 N–H and O–H groups in total. The Hall–Kier alpha value is -2.06. The second-order valence-electron chi connectivity index (χ2n) is 5.19. The second-order valence-corrected chi connectivity index (χ2v) is 5.19. The predicted molar refractivity (Wildman–Crippen MR) is 78.3 cm³/mol. The summed E-state index contributed by atoms with van der Waals surface area (Å²) in [4.78, 5) is 12.1. The summed E-state index contributed by atoms with van der Waals surface area (Å²) in [6.07, 6.45) is -6.91. The smallest absolute Gasteiger partial charge is 0.414 e. The Labute approximate surface area is 136 Å². The maximum atomic E-state index is 12.2. The summed E-state index contributed by atoms with van der Waals surface area (Å²) >= 11 is 0. The van der Waals surface area contributed by atoms with Crippen molar-refractivity contribution in [1.29, 1.82) is 0 Å². The van der Waals surface area contributed by atoms with Gasteiger partial charge in [-0.1, -0.05) is 12.1 Å². The molecule has 0 bridgehead atoms. The number of carbonyl (C=O) groups excluding carboxylic acids is 1. The van der Waals surface area contributed by atoms with Gasteiger partial charge in [0.15, 0.2) is 12.2 Å². The second kappa shape index (κ2) is 7.67. The first-order valence-corrected chi connectivity index (χ1v) is 7.19. The molecule has 2 atom stereocenters. The Morgan fingerprint density at radius 1 is 1.29 bits per heavy atom. The van der Waals surface area contributed by atoms with Gasteiger partial charge in [-0.2, -0.15) is 13.2 Å². The lowest BCUT2D eigenvalue weighted by molar-refractivity contribution is -0.206. The minimum Gasteiger partial charge on any atom is -0.493 e. The van der Waals surface area contributed by atoms with Crippen LogP contribution in [-0.2, 0) is 14.3 Å². The highest BCUT2D eigenvalue weighted by molar-refractivity contribution is 6.24. The van der Waals surface area contributed by atoms with Gasteiger partial charge in [0.25, 0.3) is 0 Å². The van der Waals surface area contributed by atoms with E-state index in [0.29, 0.717) is 16.9 Å². The number of methoxy groups -OCH3 is 1. The van der Waals surface area contributed by atoms with Gasteiger partial charge in [0.1, 0.15) is 5.75 Å². The molecule has 5 nitrogen and oxygen atoms in total. The van der Waals surface area contributed by atoms with E-state index in [2.05, 4.69) is 0 Å². The molecule has 0 amide bonds. The molecule has 1 aliphatic rings. The van der Waals surface area contributed by atoms with E-state index >= 15 is 0 Å². The van der Waals surface area contributed by atoms with Crippen LogP contribution in [0, 0.1) is 0 Å². The van der Waals surface area contributed by atoms with Gasteiger partial charge >= 0.3 is 6.18 Å². The van der Waals surface area contributed by atoms with Crippen LogP contribution in [0.2, 0.25) is 0 Å². The van der Waals surface area contributed by atoms with Gasteiger partial charge in [-0.05, 0) is 17.7 Å². The van der Waals surface area contributed by atoms with E-state index in [1.165, 1.54) is 25.5 Å². The van der Waals surface area contributed by atoms with E-state index in [1.54, 1.807) is 12.1 Å². The highest BCUT2D eigenvalue weighted by atomic mass is 19.4. The van der Waals surface area contributed by atoms with Gasteiger partial charge in [0, 0.05) is 13.5 Å². The van der Waals surface area contributed by atoms with Crippen LogP contribution in [0.5, 0.6) is 5.75 Å². The largest absolute Gasteiger partial charge is 0.493 e. The quantitative estimate of drug-likeness (QED) is 0.821. The van der Waals surface area contributed by atoms with Crippen molar-refractivity contribution >= 4 is 11.4 Å². The van der Waals surface area contributed by atoms with Crippen molar-refractivity contribution in [3.8, 4) is 5.75 Å². The van der Waals surface area contributed by atoms with Crippen LogP contribution < -0.4 is 4.74 Å². The molecular formula is C16H17F3O5. The zero-order valence-electron chi connectivity index (χ0n) is 12.9. The summed E-state index contributed by atoms with van der Waals surface area (Å²) in [5.74, 6) is 0.146. The number of carbonyl (C=O) groups is 1. The predicted octanol–water partition coefficient (Wildman–Crippen LogP) is 2.33. The van der Waals surface area contributed by atoms with E-state index in [-0.39, 0.29) is 19.0 Å². The highest BCUT2D eigenvalue weighted by Crippen LogP contribution is 2.26. The zero-order valence-corrected chi connectivity index (χ0v) is 12.9. The summed E-state index contributed by atoms with van der Waals surface area (Å²) in [6.45, 7) is -0.123. The number of hydrogen-bond donors (Lipinski definition) is 1. The number of hydrogen-bond acceptors (Lipinski definition) is 5. The Balaban J connectivity index is 1.89. The molecule has 1 heterocycles. The molecule has 0 aliphatic carbocycles. The minimum absolute atomic E-state index is 0.154. The molecule has 8 heteroatoms. The lowest BCUT2D eigenvalue weighted by Crippen LogP contribution is -2.30. The Kier molecular flexibility index (Phi) is 5.84. The first kappa shape index (κ1) is 18.3. The van der Waals surface area contributed by atoms with Crippen molar-refractivity contribution in [2.45, 2.75) is 24.8 Å². The van der Waals surface area contributed by atoms with Gasteiger partial charge in [0.05, 0.1) is 25.0 Å². The molecule has 0 fully saturated rings. The monoisotopic (exact) mass is 346 g/mol. The van der Waals surface area contributed by atoms with Crippen LogP contribution in [0.4, 0.5) is 13.2 Å². The normalized spacial score (nSPS) is 19.0. The van der Waals surface area contributed by atoms with Gasteiger partial charge in [-0.15, -0.1) is 0 Å². The van der Waals surface area contributed by atoms with Gasteiger partial charge < -0.3 is 19.3 Å². The van der Waals surface area contributed by atoms with Crippen molar-refractivity contribution < 1.29 is 37.3 Å². The molecule has 1 aliphatic heterocycles. The van der Waals surface area contributed by atoms with Crippen molar-refractivity contribution in [2.24, 2.45) is 0 Å². The van der Waals surface area contributed by atoms with Gasteiger partial charge in [-0.3, -0.25) is 4.79 Å². The topological polar surface area (TPSA) is 65.0 Å². The Bertz CT molecular complexity index is 595. The first-order valence-electron chi connectivity index (χ1n) is 7.19. The van der Waals surface area contributed by atoms with Crippen LogP contribution in [0.25, 0.3) is 5.57 Å². The fraction of sp³-hybridized carbons (Fsp3) is 0.438. The van der Waals surface area contributed by atoms with Gasteiger partial charge in [-0.25, -0.2) is 0 Å². The molecule has 0 saturated carbocycles. The summed E-state index contributed by atoms with van der Waals surface area (Å²) in [5.41, 5.74) is 1.01. The number of halogens is 3. The fourth-order valence-corrected chi connectivity index (χ4v) is 2.10. The number of alkyl halides is 3. The van der Waals surface area contributed by atoms with Crippen molar-refractivity contribution in [1.82, 2.24) is 0 Å². The van der Waals surface area contributed by atoms with Crippen LogP contribution in [0.15, 0.2) is 30.5 Å². The van der Waals surface area contributed by atoms with E-state index in [4.69, 9.17) is 19.3 Å². The maximum Gasteiger partial charge on any atom is 0.414 e. The average Bonchev–Trinajstić information content (AvgIpc) is 2.89. The Morgan fingerprint density at radius 2 is 1.96 bits per heavy atom. The van der Waals surface area contributed by atoms with E-state index in [9.17, 15) is 18.0 Å². The number of aliphatic hydroxyl groups is 1. The van der Waals surface area contributed by atoms with Crippen LogP contribution in [0.3, 0.4) is 0 Å². The minimum atomic E-state index is -4.65. The van der Waals surface area contributed by atoms with Crippen LogP contribution in [0.1, 0.15) is 12.0 Å². The standard InChI is InChI=1S/C16H17F3O5/c1-22-9-13-15(21)12(8-24-13)10-2-4-11(5-3-10)23-7-6-14(20)16(17,18)19/h2-5,8,13-14,20H,6-7,9H2,1H3/t13-,14-/m1/s1. The molecule has 132 valence electrons. The molecule has 0 unspecified atom stereocenters. The van der Waals surface area contributed by atoms with E-state index < -0.39 is 24.8 Å². The molecule has 24 heavy (non-hydrogen) atoms. The number of aliphatic hydroxyl groups excluding tert-OH is 1. The fourth-order valence-electron chi connectivity index (χ4n) is 2.10. The molecule has 2 rings (SSSR count). The molecule has 0 aromatic heterocycles. The number of ketones is 1. The summed E-state index contributed by atoms with van der Waals surface area (Å²) in [7, 11) is 1.47. The van der Waals surface area contributed by atoms with Gasteiger partial charge in [0.2, 0.25) is 5.78 Å². The third kappa shape index (κ3) is 4.48. The molecule has 0 spiro atoms. The number of benzene rings is 1. The van der Waals surface area contributed by atoms with Crippen molar-refractivity contribution in [3.63, 3.8) is 0 Å². The molecule has 0 saturated heterocycles. The van der Waals surface area contributed by atoms with Crippen LogP contribution in [-0.4, -0.2) is 49.6 Å². The lowest BCUT2D eigenvalue weighted by Gasteiger charge is -2.14. The molecule has 1 aromatic carbocycles. The molecule has 0 radical (unpaired) electrons. The number of rotatable bonds is 7. The van der Waals surface area contributed by atoms with E-state index in [0.717, 1.165) is 0 Å². The third-order valence-electron chi connectivity index (χ3n) is 3.43. The number of ether oxygens (including phenoxy) is 3. The zero-order chi connectivity index (χ0) is 17.7. The summed E-state index contributed by atoms with van der Waals surface area (Å²) in [6, 6.07) is 6.29. The average molecular weight is 346 g/mol. The molecule has 1 aromatic rings. The number of Topliss-reactive ketones (excluding diaryl/α,β-unsaturated/α-hetero) is 1. The van der Waals surface area contributed by atoms with E-state index in [1.807, 2.05) is 0 Å². The van der Waals surface area contributed by atoms with Crippen molar-refractivity contribution in [3.05, 3.63) is 36.1 Å². The lowest BCUT2D eigenvalue weighted by atomic mass is 10.0. The van der Waals surface area contributed by atoms with Crippen molar-refractivity contribution in [2.75, 3.05) is 20.3 Å². The summed E-state index contributed by atoms with van der Waals surface area (Å²) < 4.78 is 51.7. The molecular weight excluding hydrogens is 329 g/mol.